The summed E-state index contributed by atoms with van der Waals surface area (Å²) in [6.45, 7) is 1.62. The second-order valence-corrected chi connectivity index (χ2v) is 6.95. The number of piperazine rings is 1. The summed E-state index contributed by atoms with van der Waals surface area (Å²) in [7, 11) is 0. The lowest BCUT2D eigenvalue weighted by molar-refractivity contribution is -0.129. The number of hydrogen-bond acceptors (Lipinski definition) is 3. The van der Waals surface area contributed by atoms with Gasteiger partial charge in [0.05, 0.1) is 5.75 Å². The van der Waals surface area contributed by atoms with Crippen molar-refractivity contribution in [2.24, 2.45) is 0 Å². The van der Waals surface area contributed by atoms with Gasteiger partial charge < -0.3 is 9.80 Å². The highest BCUT2D eigenvalue weighted by Gasteiger charge is 2.25. The van der Waals surface area contributed by atoms with Crippen molar-refractivity contribution in [2.45, 2.75) is 4.90 Å². The predicted octanol–water partition coefficient (Wildman–Crippen LogP) is 3.04. The molecule has 2 aromatic rings. The van der Waals surface area contributed by atoms with Crippen molar-refractivity contribution in [3.63, 3.8) is 0 Å². The maximum atomic E-state index is 13.3. The number of thioether (sulfide) groups is 1. The topological polar surface area (TPSA) is 40.6 Å². The zero-order chi connectivity index (χ0) is 18.5. The molecule has 26 heavy (non-hydrogen) atoms. The first-order chi connectivity index (χ1) is 12.5. The first-order valence-corrected chi connectivity index (χ1v) is 9.23. The van der Waals surface area contributed by atoms with Crippen LogP contribution in [0.5, 0.6) is 0 Å². The third kappa shape index (κ3) is 4.40. The summed E-state index contributed by atoms with van der Waals surface area (Å²) in [5, 5.41) is 0. The molecule has 0 atom stereocenters. The van der Waals surface area contributed by atoms with E-state index in [9.17, 15) is 18.4 Å². The van der Waals surface area contributed by atoms with Gasteiger partial charge in [0.25, 0.3) is 5.91 Å². The van der Waals surface area contributed by atoms with Gasteiger partial charge in [-0.25, -0.2) is 8.78 Å². The van der Waals surface area contributed by atoms with Crippen molar-refractivity contribution in [1.29, 1.82) is 0 Å². The van der Waals surface area contributed by atoms with Gasteiger partial charge in [0.1, 0.15) is 0 Å². The molecule has 0 bridgehead atoms. The molecule has 0 aliphatic carbocycles. The van der Waals surface area contributed by atoms with E-state index in [4.69, 9.17) is 0 Å². The van der Waals surface area contributed by atoms with Gasteiger partial charge in [0.15, 0.2) is 11.6 Å². The molecule has 2 amide bonds. The maximum absolute atomic E-state index is 13.3. The van der Waals surface area contributed by atoms with Gasteiger partial charge >= 0.3 is 0 Å². The van der Waals surface area contributed by atoms with E-state index in [-0.39, 0.29) is 17.4 Å². The fraction of sp³-hybridized carbons (Fsp3) is 0.263. The van der Waals surface area contributed by atoms with E-state index < -0.39 is 11.6 Å². The van der Waals surface area contributed by atoms with Gasteiger partial charge in [-0.2, -0.15) is 0 Å². The summed E-state index contributed by atoms with van der Waals surface area (Å²) in [5.74, 6) is -2.00. The van der Waals surface area contributed by atoms with Crippen molar-refractivity contribution in [3.05, 3.63) is 65.7 Å². The Morgan fingerprint density at radius 2 is 1.54 bits per heavy atom. The van der Waals surface area contributed by atoms with Crippen LogP contribution >= 0.6 is 11.8 Å². The summed E-state index contributed by atoms with van der Waals surface area (Å²) in [6, 6.07) is 12.8. The van der Waals surface area contributed by atoms with Crippen molar-refractivity contribution in [3.8, 4) is 0 Å². The SMILES string of the molecule is O=C(CSc1ccccc1)N1CCN(C(=O)c2ccc(F)c(F)c2)CC1. The van der Waals surface area contributed by atoms with Gasteiger partial charge in [-0.05, 0) is 30.3 Å². The molecule has 0 aromatic heterocycles. The number of benzene rings is 2. The second-order valence-electron chi connectivity index (χ2n) is 5.90. The first kappa shape index (κ1) is 18.4. The van der Waals surface area contributed by atoms with Crippen LogP contribution in [-0.2, 0) is 4.79 Å². The largest absolute Gasteiger partial charge is 0.338 e. The summed E-state index contributed by atoms with van der Waals surface area (Å²) in [6.07, 6.45) is 0. The van der Waals surface area contributed by atoms with E-state index in [0.29, 0.717) is 31.9 Å². The maximum Gasteiger partial charge on any atom is 0.254 e. The quantitative estimate of drug-likeness (QED) is 0.770. The van der Waals surface area contributed by atoms with Gasteiger partial charge in [-0.1, -0.05) is 18.2 Å². The predicted molar refractivity (Wildman–Crippen MR) is 96.0 cm³/mol. The Morgan fingerprint density at radius 3 is 2.19 bits per heavy atom. The van der Waals surface area contributed by atoms with E-state index >= 15 is 0 Å². The monoisotopic (exact) mass is 376 g/mol. The Bertz CT molecular complexity index is 793. The van der Waals surface area contributed by atoms with Crippen LogP contribution in [0.15, 0.2) is 53.4 Å². The zero-order valence-electron chi connectivity index (χ0n) is 14.0. The lowest BCUT2D eigenvalue weighted by Gasteiger charge is -2.34. The number of hydrogen-bond donors (Lipinski definition) is 0. The van der Waals surface area contributed by atoms with Crippen LogP contribution < -0.4 is 0 Å². The Balaban J connectivity index is 1.51. The molecule has 1 fully saturated rings. The van der Waals surface area contributed by atoms with Crippen molar-refractivity contribution in [1.82, 2.24) is 9.80 Å². The average molecular weight is 376 g/mol. The fourth-order valence-corrected chi connectivity index (χ4v) is 3.55. The second kappa shape index (κ2) is 8.31. The third-order valence-corrected chi connectivity index (χ3v) is 5.19. The number of nitrogens with zero attached hydrogens (tertiary/aromatic N) is 2. The third-order valence-electron chi connectivity index (χ3n) is 4.19. The molecule has 1 saturated heterocycles. The number of amides is 2. The highest BCUT2D eigenvalue weighted by atomic mass is 32.2. The molecule has 0 saturated carbocycles. The molecule has 0 radical (unpaired) electrons. The van der Waals surface area contributed by atoms with Crippen LogP contribution in [0.1, 0.15) is 10.4 Å². The van der Waals surface area contributed by atoms with Crippen LogP contribution in [0.3, 0.4) is 0 Å². The van der Waals surface area contributed by atoms with Crippen LogP contribution in [0.4, 0.5) is 8.78 Å². The Labute approximate surface area is 154 Å². The Kier molecular flexibility index (Phi) is 5.88. The van der Waals surface area contributed by atoms with Gasteiger partial charge in [-0.15, -0.1) is 11.8 Å². The molecule has 0 N–H and O–H groups in total. The zero-order valence-corrected chi connectivity index (χ0v) is 14.8. The highest BCUT2D eigenvalue weighted by Crippen LogP contribution is 2.18. The number of carbonyl (C=O) groups excluding carboxylic acids is 2. The van der Waals surface area contributed by atoms with E-state index in [0.717, 1.165) is 17.0 Å². The molecule has 2 aromatic carbocycles. The molecule has 3 rings (SSSR count). The van der Waals surface area contributed by atoms with Gasteiger partial charge in [0.2, 0.25) is 5.91 Å². The summed E-state index contributed by atoms with van der Waals surface area (Å²) < 4.78 is 26.3. The van der Waals surface area contributed by atoms with Crippen LogP contribution in [-0.4, -0.2) is 53.5 Å². The summed E-state index contributed by atoms with van der Waals surface area (Å²) >= 11 is 1.48. The number of rotatable bonds is 4. The standard InChI is InChI=1S/C19H18F2N2O2S/c20-16-7-6-14(12-17(16)21)19(25)23-10-8-22(9-11-23)18(24)13-26-15-4-2-1-3-5-15/h1-7,12H,8-11,13H2. The molecule has 0 spiro atoms. The average Bonchev–Trinajstić information content (AvgIpc) is 2.68. The lowest BCUT2D eigenvalue weighted by Crippen LogP contribution is -2.51. The van der Waals surface area contributed by atoms with Crippen molar-refractivity contribution < 1.29 is 18.4 Å². The minimum atomic E-state index is -1.04. The van der Waals surface area contributed by atoms with Crippen LogP contribution in [0.25, 0.3) is 0 Å². The van der Waals surface area contributed by atoms with E-state index in [2.05, 4.69) is 0 Å². The smallest absolute Gasteiger partial charge is 0.254 e. The van der Waals surface area contributed by atoms with Crippen molar-refractivity contribution >= 4 is 23.6 Å². The Hall–Kier alpha value is -2.41. The van der Waals surface area contributed by atoms with Gasteiger partial charge in [0, 0.05) is 36.6 Å². The van der Waals surface area contributed by atoms with Crippen LogP contribution in [0.2, 0.25) is 0 Å². The highest BCUT2D eigenvalue weighted by molar-refractivity contribution is 8.00. The molecule has 1 aliphatic rings. The lowest BCUT2D eigenvalue weighted by atomic mass is 10.1. The van der Waals surface area contributed by atoms with Crippen LogP contribution in [0, 0.1) is 11.6 Å². The van der Waals surface area contributed by atoms with E-state index in [1.165, 1.54) is 17.8 Å². The van der Waals surface area contributed by atoms with Gasteiger partial charge in [-0.3, -0.25) is 9.59 Å². The molecule has 0 unspecified atom stereocenters. The van der Waals surface area contributed by atoms with E-state index in [1.54, 1.807) is 9.80 Å². The molecular formula is C19H18F2N2O2S. The normalized spacial score (nSPS) is 14.4. The summed E-state index contributed by atoms with van der Waals surface area (Å²) in [5.41, 5.74) is 0.114. The van der Waals surface area contributed by atoms with Crippen molar-refractivity contribution in [2.75, 3.05) is 31.9 Å². The number of halogens is 2. The number of carbonyl (C=O) groups is 2. The minimum Gasteiger partial charge on any atom is -0.338 e. The molecule has 4 nitrogen and oxygen atoms in total. The molecular weight excluding hydrogens is 358 g/mol. The molecule has 1 aliphatic heterocycles. The first-order valence-electron chi connectivity index (χ1n) is 8.24. The molecule has 1 heterocycles. The Morgan fingerprint density at radius 1 is 0.885 bits per heavy atom. The molecule has 7 heteroatoms. The summed E-state index contributed by atoms with van der Waals surface area (Å²) in [4.78, 5) is 29.0. The fourth-order valence-electron chi connectivity index (χ4n) is 2.72. The molecule has 136 valence electrons. The van der Waals surface area contributed by atoms with E-state index in [1.807, 2.05) is 30.3 Å². The minimum absolute atomic E-state index is 0.0266.